The van der Waals surface area contributed by atoms with Gasteiger partial charge in [-0.15, -0.1) is 0 Å². The van der Waals surface area contributed by atoms with Gasteiger partial charge in [-0.1, -0.05) is 12.1 Å². The maximum Gasteiger partial charge on any atom is 0.310 e. The lowest BCUT2D eigenvalue weighted by atomic mass is 9.97. The lowest BCUT2D eigenvalue weighted by molar-refractivity contribution is -0.153. The Bertz CT molecular complexity index is 513. The van der Waals surface area contributed by atoms with Gasteiger partial charge in [-0.25, -0.2) is 0 Å². The summed E-state index contributed by atoms with van der Waals surface area (Å²) in [6.45, 7) is 1.35. The summed E-state index contributed by atoms with van der Waals surface area (Å²) >= 11 is 0. The first-order valence-electron chi connectivity index (χ1n) is 6.71. The third kappa shape index (κ3) is 3.52. The van der Waals surface area contributed by atoms with Crippen LogP contribution in [0.2, 0.25) is 0 Å². The van der Waals surface area contributed by atoms with E-state index in [9.17, 15) is 14.7 Å². The zero-order valence-corrected chi connectivity index (χ0v) is 12.1. The molecule has 0 radical (unpaired) electrons. The molecule has 6 nitrogen and oxygen atoms in total. The normalized spacial score (nSPS) is 22.0. The Labute approximate surface area is 123 Å². The van der Waals surface area contributed by atoms with E-state index in [-0.39, 0.29) is 0 Å². The van der Waals surface area contributed by atoms with E-state index in [0.29, 0.717) is 19.6 Å². The summed E-state index contributed by atoms with van der Waals surface area (Å²) in [5.41, 5.74) is 1.05. The van der Waals surface area contributed by atoms with Gasteiger partial charge in [0, 0.05) is 19.6 Å². The molecule has 1 aliphatic heterocycles. The third-order valence-electron chi connectivity index (χ3n) is 3.78. The number of hydrogen-bond donors (Lipinski definition) is 1. The highest BCUT2D eigenvalue weighted by Gasteiger charge is 2.42. The third-order valence-corrected chi connectivity index (χ3v) is 3.78. The second-order valence-corrected chi connectivity index (χ2v) is 5.12. The fourth-order valence-corrected chi connectivity index (χ4v) is 2.64. The predicted octanol–water partition coefficient (Wildman–Crippen LogP) is 1.00. The van der Waals surface area contributed by atoms with E-state index < -0.39 is 23.8 Å². The highest BCUT2D eigenvalue weighted by molar-refractivity contribution is 5.82. The van der Waals surface area contributed by atoms with E-state index in [1.807, 2.05) is 29.2 Å². The van der Waals surface area contributed by atoms with Crippen molar-refractivity contribution in [3.8, 4) is 5.75 Å². The molecule has 2 atom stereocenters. The van der Waals surface area contributed by atoms with Crippen LogP contribution in [-0.2, 0) is 20.9 Å². The van der Waals surface area contributed by atoms with Crippen molar-refractivity contribution in [2.45, 2.75) is 6.54 Å². The second-order valence-electron chi connectivity index (χ2n) is 5.12. The van der Waals surface area contributed by atoms with E-state index >= 15 is 0 Å². The summed E-state index contributed by atoms with van der Waals surface area (Å²) in [6, 6.07) is 7.58. The van der Waals surface area contributed by atoms with Crippen molar-refractivity contribution < 1.29 is 24.2 Å². The SMILES string of the molecule is COC(=O)[C@H]1CN(Cc2ccc(OC)cc2)C[C@H]1C(=O)O. The summed E-state index contributed by atoms with van der Waals surface area (Å²) in [5, 5.41) is 9.23. The molecule has 1 N–H and O–H groups in total. The first-order valence-corrected chi connectivity index (χ1v) is 6.71. The molecule has 1 aromatic carbocycles. The summed E-state index contributed by atoms with van der Waals surface area (Å²) in [6.07, 6.45) is 0. The van der Waals surface area contributed by atoms with Crippen LogP contribution in [0.4, 0.5) is 0 Å². The fourth-order valence-electron chi connectivity index (χ4n) is 2.64. The van der Waals surface area contributed by atoms with E-state index in [2.05, 4.69) is 0 Å². The number of likely N-dealkylation sites (tertiary alicyclic amines) is 1. The Morgan fingerprint density at radius 2 is 1.81 bits per heavy atom. The average Bonchev–Trinajstić information content (AvgIpc) is 2.91. The quantitative estimate of drug-likeness (QED) is 0.816. The van der Waals surface area contributed by atoms with Crippen LogP contribution in [0.15, 0.2) is 24.3 Å². The lowest BCUT2D eigenvalue weighted by Gasteiger charge is -2.15. The molecule has 1 fully saturated rings. The minimum Gasteiger partial charge on any atom is -0.497 e. The Hall–Kier alpha value is -2.08. The molecule has 0 saturated carbocycles. The number of rotatable bonds is 5. The second kappa shape index (κ2) is 6.58. The average molecular weight is 293 g/mol. The van der Waals surface area contributed by atoms with Gasteiger partial charge in [0.15, 0.2) is 0 Å². The number of carbonyl (C=O) groups is 2. The van der Waals surface area contributed by atoms with Gasteiger partial charge in [0.05, 0.1) is 26.1 Å². The maximum absolute atomic E-state index is 11.7. The molecule has 1 aliphatic rings. The largest absolute Gasteiger partial charge is 0.497 e. The zero-order valence-electron chi connectivity index (χ0n) is 12.1. The number of aliphatic carboxylic acids is 1. The number of esters is 1. The van der Waals surface area contributed by atoms with Crippen LogP contribution in [-0.4, -0.2) is 49.3 Å². The van der Waals surface area contributed by atoms with Gasteiger partial charge < -0.3 is 14.6 Å². The lowest BCUT2D eigenvalue weighted by Crippen LogP contribution is -2.29. The van der Waals surface area contributed by atoms with Crippen LogP contribution in [0, 0.1) is 11.8 Å². The van der Waals surface area contributed by atoms with Crippen molar-refractivity contribution in [1.82, 2.24) is 4.90 Å². The number of carboxylic acids is 1. The van der Waals surface area contributed by atoms with Gasteiger partial charge in [-0.05, 0) is 17.7 Å². The molecule has 0 unspecified atom stereocenters. The Morgan fingerprint density at radius 1 is 1.19 bits per heavy atom. The number of methoxy groups -OCH3 is 2. The Balaban J connectivity index is 2.04. The van der Waals surface area contributed by atoms with Gasteiger partial charge in [-0.3, -0.25) is 14.5 Å². The molecular weight excluding hydrogens is 274 g/mol. The highest BCUT2D eigenvalue weighted by atomic mass is 16.5. The number of benzene rings is 1. The van der Waals surface area contributed by atoms with Crippen molar-refractivity contribution in [1.29, 1.82) is 0 Å². The van der Waals surface area contributed by atoms with E-state index in [1.165, 1.54) is 7.11 Å². The Kier molecular flexibility index (Phi) is 4.80. The molecule has 0 amide bonds. The molecule has 114 valence electrons. The minimum atomic E-state index is -0.956. The summed E-state index contributed by atoms with van der Waals surface area (Å²) in [5.74, 6) is -1.96. The highest BCUT2D eigenvalue weighted by Crippen LogP contribution is 2.26. The van der Waals surface area contributed by atoms with Crippen LogP contribution in [0.3, 0.4) is 0 Å². The zero-order chi connectivity index (χ0) is 15.4. The van der Waals surface area contributed by atoms with E-state index in [0.717, 1.165) is 11.3 Å². The van der Waals surface area contributed by atoms with E-state index in [4.69, 9.17) is 9.47 Å². The molecule has 21 heavy (non-hydrogen) atoms. The van der Waals surface area contributed by atoms with E-state index in [1.54, 1.807) is 7.11 Å². The van der Waals surface area contributed by atoms with Crippen LogP contribution in [0.5, 0.6) is 5.75 Å². The smallest absolute Gasteiger partial charge is 0.310 e. The van der Waals surface area contributed by atoms with Crippen molar-refractivity contribution in [2.24, 2.45) is 11.8 Å². The monoisotopic (exact) mass is 293 g/mol. The summed E-state index contributed by atoms with van der Waals surface area (Å²) in [4.78, 5) is 24.9. The maximum atomic E-state index is 11.7. The molecule has 6 heteroatoms. The number of nitrogens with zero attached hydrogens (tertiary/aromatic N) is 1. The molecule has 0 aliphatic carbocycles. The molecule has 1 aromatic rings. The van der Waals surface area contributed by atoms with Gasteiger partial charge in [0.25, 0.3) is 0 Å². The van der Waals surface area contributed by atoms with Crippen LogP contribution in [0.25, 0.3) is 0 Å². The number of carbonyl (C=O) groups excluding carboxylic acids is 1. The summed E-state index contributed by atoms with van der Waals surface area (Å²) in [7, 11) is 2.89. The number of carboxylic acid groups (broad SMARTS) is 1. The molecule has 1 saturated heterocycles. The molecule has 2 rings (SSSR count). The first-order chi connectivity index (χ1) is 10.0. The van der Waals surface area contributed by atoms with Crippen molar-refractivity contribution in [2.75, 3.05) is 27.3 Å². The van der Waals surface area contributed by atoms with Crippen LogP contribution >= 0.6 is 0 Å². The standard InChI is InChI=1S/C15H19NO5/c1-20-11-5-3-10(4-6-11)7-16-8-12(14(17)18)13(9-16)15(19)21-2/h3-6,12-13H,7-9H2,1-2H3,(H,17,18)/t12-,13+/m1/s1. The van der Waals surface area contributed by atoms with Crippen LogP contribution < -0.4 is 4.74 Å². The molecule has 0 aromatic heterocycles. The van der Waals surface area contributed by atoms with Gasteiger partial charge >= 0.3 is 11.9 Å². The molecule has 1 heterocycles. The topological polar surface area (TPSA) is 76.1 Å². The Morgan fingerprint density at radius 3 is 2.33 bits per heavy atom. The van der Waals surface area contributed by atoms with Gasteiger partial charge in [0.2, 0.25) is 0 Å². The predicted molar refractivity (Wildman–Crippen MR) is 74.9 cm³/mol. The fraction of sp³-hybridized carbons (Fsp3) is 0.467. The van der Waals surface area contributed by atoms with Crippen molar-refractivity contribution >= 4 is 11.9 Å². The number of ether oxygens (including phenoxy) is 2. The molecule has 0 spiro atoms. The molecule has 0 bridgehead atoms. The number of hydrogen-bond acceptors (Lipinski definition) is 5. The summed E-state index contributed by atoms with van der Waals surface area (Å²) < 4.78 is 9.80. The van der Waals surface area contributed by atoms with Gasteiger partial charge in [-0.2, -0.15) is 0 Å². The van der Waals surface area contributed by atoms with Crippen molar-refractivity contribution in [3.63, 3.8) is 0 Å². The van der Waals surface area contributed by atoms with Gasteiger partial charge in [0.1, 0.15) is 5.75 Å². The minimum absolute atomic E-state index is 0.348. The first kappa shape index (κ1) is 15.3. The van der Waals surface area contributed by atoms with Crippen molar-refractivity contribution in [3.05, 3.63) is 29.8 Å². The molecular formula is C15H19NO5. The van der Waals surface area contributed by atoms with Crippen LogP contribution in [0.1, 0.15) is 5.56 Å².